The van der Waals surface area contributed by atoms with E-state index in [9.17, 15) is 0 Å². The minimum atomic E-state index is 0.0150. The molecular weight excluding hydrogens is 240 g/mol. The molecule has 0 fully saturated rings. The Morgan fingerprint density at radius 1 is 1.21 bits per heavy atom. The molecule has 19 heavy (non-hydrogen) atoms. The fraction of sp³-hybridized carbons (Fsp3) is 0.467. The van der Waals surface area contributed by atoms with Crippen LogP contribution in [0.1, 0.15) is 37.3 Å². The first-order valence-electron chi connectivity index (χ1n) is 6.67. The second kappa shape index (κ2) is 6.59. The van der Waals surface area contributed by atoms with Crippen molar-refractivity contribution in [3.05, 3.63) is 35.4 Å². The summed E-state index contributed by atoms with van der Waals surface area (Å²) in [6, 6.07) is 5.85. The number of hydrazine groups is 1. The topological polar surface area (TPSA) is 56.5 Å². The van der Waals surface area contributed by atoms with Crippen molar-refractivity contribution in [1.82, 2.24) is 5.43 Å². The molecule has 3 N–H and O–H groups in total. The van der Waals surface area contributed by atoms with Gasteiger partial charge in [0.05, 0.1) is 20.3 Å². The highest BCUT2D eigenvalue weighted by Crippen LogP contribution is 2.35. The van der Waals surface area contributed by atoms with Crippen LogP contribution >= 0.6 is 0 Å². The first-order valence-corrected chi connectivity index (χ1v) is 6.67. The summed E-state index contributed by atoms with van der Waals surface area (Å²) >= 11 is 0. The van der Waals surface area contributed by atoms with Crippen molar-refractivity contribution in [3.63, 3.8) is 0 Å². The lowest BCUT2D eigenvalue weighted by Crippen LogP contribution is -2.30. The highest BCUT2D eigenvalue weighted by molar-refractivity contribution is 5.45. The van der Waals surface area contributed by atoms with Gasteiger partial charge in [0.25, 0.3) is 0 Å². The van der Waals surface area contributed by atoms with E-state index < -0.39 is 0 Å². The first kappa shape index (κ1) is 13.9. The van der Waals surface area contributed by atoms with E-state index in [1.165, 1.54) is 18.4 Å². The Kier molecular flexibility index (Phi) is 4.82. The molecule has 0 aromatic heterocycles. The molecule has 0 amide bonds. The fourth-order valence-electron chi connectivity index (χ4n) is 2.58. The van der Waals surface area contributed by atoms with Crippen LogP contribution in [0.4, 0.5) is 0 Å². The van der Waals surface area contributed by atoms with Gasteiger partial charge in [-0.05, 0) is 37.8 Å². The molecule has 1 aromatic carbocycles. The number of ether oxygens (including phenoxy) is 2. The Hall–Kier alpha value is -1.52. The maximum atomic E-state index is 5.75. The van der Waals surface area contributed by atoms with Gasteiger partial charge in [0.2, 0.25) is 0 Å². The molecule has 0 spiro atoms. The predicted molar refractivity (Wildman–Crippen MR) is 76.2 cm³/mol. The van der Waals surface area contributed by atoms with Crippen LogP contribution in [0.3, 0.4) is 0 Å². The van der Waals surface area contributed by atoms with E-state index in [1.807, 2.05) is 18.2 Å². The van der Waals surface area contributed by atoms with Crippen LogP contribution in [0.15, 0.2) is 29.8 Å². The Morgan fingerprint density at radius 2 is 2.05 bits per heavy atom. The number of methoxy groups -OCH3 is 2. The van der Waals surface area contributed by atoms with Crippen LogP contribution in [-0.2, 0) is 0 Å². The van der Waals surface area contributed by atoms with Crippen molar-refractivity contribution in [2.75, 3.05) is 14.2 Å². The van der Waals surface area contributed by atoms with Gasteiger partial charge < -0.3 is 9.47 Å². The summed E-state index contributed by atoms with van der Waals surface area (Å²) in [5.74, 6) is 7.34. The number of nitrogens with two attached hydrogens (primary N) is 1. The van der Waals surface area contributed by atoms with Crippen LogP contribution in [0.5, 0.6) is 11.5 Å². The van der Waals surface area contributed by atoms with E-state index in [2.05, 4.69) is 11.5 Å². The molecule has 0 saturated heterocycles. The van der Waals surface area contributed by atoms with Crippen LogP contribution in [0.2, 0.25) is 0 Å². The normalized spacial score (nSPS) is 16.7. The van der Waals surface area contributed by atoms with E-state index in [1.54, 1.807) is 14.2 Å². The second-order valence-corrected chi connectivity index (χ2v) is 4.73. The molecule has 4 heteroatoms. The van der Waals surface area contributed by atoms with Crippen molar-refractivity contribution in [1.29, 1.82) is 0 Å². The molecular formula is C15H22N2O2. The van der Waals surface area contributed by atoms with E-state index >= 15 is 0 Å². The summed E-state index contributed by atoms with van der Waals surface area (Å²) in [7, 11) is 3.32. The van der Waals surface area contributed by atoms with Gasteiger partial charge in [-0.25, -0.2) is 5.43 Å². The molecule has 1 atom stereocenters. The summed E-state index contributed by atoms with van der Waals surface area (Å²) in [4.78, 5) is 0. The number of rotatable bonds is 5. The van der Waals surface area contributed by atoms with Crippen molar-refractivity contribution in [3.8, 4) is 11.5 Å². The van der Waals surface area contributed by atoms with E-state index in [4.69, 9.17) is 15.3 Å². The van der Waals surface area contributed by atoms with Crippen molar-refractivity contribution < 1.29 is 9.47 Å². The molecule has 0 heterocycles. The Balaban J connectivity index is 2.34. The third-order valence-electron chi connectivity index (χ3n) is 3.62. The maximum Gasteiger partial charge on any atom is 0.127 e. The van der Waals surface area contributed by atoms with Crippen molar-refractivity contribution in [2.24, 2.45) is 5.84 Å². The number of benzene rings is 1. The molecule has 1 aromatic rings. The molecule has 0 saturated carbocycles. The van der Waals surface area contributed by atoms with Crippen LogP contribution in [-0.4, -0.2) is 14.2 Å². The quantitative estimate of drug-likeness (QED) is 0.486. The predicted octanol–water partition coefficient (Wildman–Crippen LogP) is 2.71. The second-order valence-electron chi connectivity index (χ2n) is 4.73. The van der Waals surface area contributed by atoms with Gasteiger partial charge in [-0.15, -0.1) is 0 Å². The molecule has 1 unspecified atom stereocenters. The van der Waals surface area contributed by atoms with E-state index in [0.29, 0.717) is 0 Å². The van der Waals surface area contributed by atoms with Crippen LogP contribution in [0, 0.1) is 0 Å². The zero-order chi connectivity index (χ0) is 13.7. The monoisotopic (exact) mass is 262 g/mol. The van der Waals surface area contributed by atoms with E-state index in [0.717, 1.165) is 29.9 Å². The third-order valence-corrected chi connectivity index (χ3v) is 3.62. The lowest BCUT2D eigenvalue weighted by atomic mass is 9.90. The minimum absolute atomic E-state index is 0.0150. The Morgan fingerprint density at radius 3 is 2.63 bits per heavy atom. The fourth-order valence-corrected chi connectivity index (χ4v) is 2.58. The van der Waals surface area contributed by atoms with Gasteiger partial charge in [-0.1, -0.05) is 11.6 Å². The lowest BCUT2D eigenvalue weighted by molar-refractivity contribution is 0.386. The molecule has 1 aliphatic rings. The Bertz CT molecular complexity index is 457. The van der Waals surface area contributed by atoms with Gasteiger partial charge in [0, 0.05) is 11.6 Å². The van der Waals surface area contributed by atoms with Gasteiger partial charge in [-0.2, -0.15) is 0 Å². The average molecular weight is 262 g/mol. The van der Waals surface area contributed by atoms with Crippen LogP contribution in [0.25, 0.3) is 0 Å². The number of allylic oxidation sites excluding steroid dienone is 1. The largest absolute Gasteiger partial charge is 0.497 e. The lowest BCUT2D eigenvalue weighted by Gasteiger charge is -2.24. The molecule has 4 nitrogen and oxygen atoms in total. The first-order chi connectivity index (χ1) is 9.30. The summed E-state index contributed by atoms with van der Waals surface area (Å²) in [6.45, 7) is 0. The zero-order valence-electron chi connectivity index (χ0n) is 11.6. The van der Waals surface area contributed by atoms with Gasteiger partial charge in [0.1, 0.15) is 11.5 Å². The molecule has 1 aliphatic carbocycles. The summed E-state index contributed by atoms with van der Waals surface area (Å²) in [5.41, 5.74) is 5.31. The SMILES string of the molecule is COc1ccc(C(NN)C2=CCCCC2)c(OC)c1. The third kappa shape index (κ3) is 3.08. The molecule has 0 bridgehead atoms. The van der Waals surface area contributed by atoms with Gasteiger partial charge in [-0.3, -0.25) is 5.84 Å². The smallest absolute Gasteiger partial charge is 0.127 e. The molecule has 0 radical (unpaired) electrons. The number of hydrogen-bond acceptors (Lipinski definition) is 4. The molecule has 0 aliphatic heterocycles. The highest BCUT2D eigenvalue weighted by atomic mass is 16.5. The minimum Gasteiger partial charge on any atom is -0.497 e. The molecule has 2 rings (SSSR count). The highest BCUT2D eigenvalue weighted by Gasteiger charge is 2.20. The van der Waals surface area contributed by atoms with Crippen molar-refractivity contribution in [2.45, 2.75) is 31.7 Å². The number of hydrogen-bond donors (Lipinski definition) is 2. The number of nitrogens with one attached hydrogen (secondary N) is 1. The van der Waals surface area contributed by atoms with Crippen molar-refractivity contribution >= 4 is 0 Å². The zero-order valence-corrected chi connectivity index (χ0v) is 11.6. The molecule has 104 valence electrons. The maximum absolute atomic E-state index is 5.75. The Labute approximate surface area is 114 Å². The van der Waals surface area contributed by atoms with Gasteiger partial charge in [0.15, 0.2) is 0 Å². The van der Waals surface area contributed by atoms with Crippen LogP contribution < -0.4 is 20.7 Å². The standard InChI is InChI=1S/C15H22N2O2/c1-18-12-8-9-13(14(10-12)19-2)15(17-16)11-6-4-3-5-7-11/h6,8-10,15,17H,3-5,7,16H2,1-2H3. The summed E-state index contributed by atoms with van der Waals surface area (Å²) < 4.78 is 10.7. The summed E-state index contributed by atoms with van der Waals surface area (Å²) in [6.07, 6.45) is 7.00. The average Bonchev–Trinajstić information content (AvgIpc) is 2.49. The van der Waals surface area contributed by atoms with Gasteiger partial charge >= 0.3 is 0 Å². The van der Waals surface area contributed by atoms with E-state index in [-0.39, 0.29) is 6.04 Å². The summed E-state index contributed by atoms with van der Waals surface area (Å²) in [5, 5.41) is 0.